The van der Waals surface area contributed by atoms with Crippen molar-refractivity contribution in [2.75, 3.05) is 18.0 Å². The standard InChI is InChI=1S/C12H19N3O2/c1-3-9-13-10(7-11(16)14-9)15-6-4-5-12(2,17)8-15/h7,17H,3-6,8H2,1-2H3,(H,13,14,16). The Morgan fingerprint density at radius 2 is 2.41 bits per heavy atom. The zero-order chi connectivity index (χ0) is 12.5. The lowest BCUT2D eigenvalue weighted by molar-refractivity contribution is 0.0447. The molecular weight excluding hydrogens is 218 g/mol. The third-order valence-electron chi connectivity index (χ3n) is 3.11. The highest BCUT2D eigenvalue weighted by Gasteiger charge is 2.29. The zero-order valence-corrected chi connectivity index (χ0v) is 10.4. The summed E-state index contributed by atoms with van der Waals surface area (Å²) in [4.78, 5) is 20.6. The van der Waals surface area contributed by atoms with Crippen molar-refractivity contribution in [2.45, 2.75) is 38.7 Å². The Bertz CT molecular complexity index is 453. The lowest BCUT2D eigenvalue weighted by atomic mass is 9.95. The topological polar surface area (TPSA) is 69.2 Å². The fourth-order valence-corrected chi connectivity index (χ4v) is 2.24. The maximum absolute atomic E-state index is 11.5. The highest BCUT2D eigenvalue weighted by molar-refractivity contribution is 5.38. The van der Waals surface area contributed by atoms with Crippen LogP contribution in [0.1, 0.15) is 32.5 Å². The first-order valence-corrected chi connectivity index (χ1v) is 6.08. The fraction of sp³-hybridized carbons (Fsp3) is 0.667. The Kier molecular flexibility index (Phi) is 3.19. The van der Waals surface area contributed by atoms with Gasteiger partial charge in [-0.25, -0.2) is 4.98 Å². The molecule has 1 fully saturated rings. The van der Waals surface area contributed by atoms with Gasteiger partial charge in [-0.15, -0.1) is 0 Å². The number of nitrogens with one attached hydrogen (secondary N) is 1. The summed E-state index contributed by atoms with van der Waals surface area (Å²) in [5.74, 6) is 1.36. The molecule has 0 bridgehead atoms. The number of aromatic amines is 1. The van der Waals surface area contributed by atoms with Crippen LogP contribution in [-0.2, 0) is 6.42 Å². The first-order valence-electron chi connectivity index (χ1n) is 6.08. The third kappa shape index (κ3) is 2.85. The molecule has 0 amide bonds. The zero-order valence-electron chi connectivity index (χ0n) is 10.4. The minimum atomic E-state index is -0.686. The number of aryl methyl sites for hydroxylation is 1. The monoisotopic (exact) mass is 237 g/mol. The lowest BCUT2D eigenvalue weighted by Crippen LogP contribution is -2.46. The maximum Gasteiger partial charge on any atom is 0.252 e. The summed E-state index contributed by atoms with van der Waals surface area (Å²) in [6.07, 6.45) is 2.42. The average molecular weight is 237 g/mol. The summed E-state index contributed by atoms with van der Waals surface area (Å²) >= 11 is 0. The number of rotatable bonds is 2. The summed E-state index contributed by atoms with van der Waals surface area (Å²) in [5, 5.41) is 10.0. The summed E-state index contributed by atoms with van der Waals surface area (Å²) in [6, 6.07) is 1.50. The van der Waals surface area contributed by atoms with E-state index in [9.17, 15) is 9.90 Å². The molecule has 17 heavy (non-hydrogen) atoms. The van der Waals surface area contributed by atoms with Crippen LogP contribution in [0.4, 0.5) is 5.82 Å². The minimum absolute atomic E-state index is 0.128. The normalized spacial score (nSPS) is 25.0. The van der Waals surface area contributed by atoms with E-state index in [-0.39, 0.29) is 5.56 Å². The number of hydrogen-bond acceptors (Lipinski definition) is 4. The largest absolute Gasteiger partial charge is 0.388 e. The number of aliphatic hydroxyl groups is 1. The van der Waals surface area contributed by atoms with E-state index in [4.69, 9.17) is 0 Å². The van der Waals surface area contributed by atoms with Gasteiger partial charge in [0.15, 0.2) is 0 Å². The summed E-state index contributed by atoms with van der Waals surface area (Å²) in [5.41, 5.74) is -0.813. The van der Waals surface area contributed by atoms with Crippen LogP contribution >= 0.6 is 0 Å². The van der Waals surface area contributed by atoms with E-state index in [1.807, 2.05) is 18.7 Å². The van der Waals surface area contributed by atoms with Gasteiger partial charge in [-0.3, -0.25) is 4.79 Å². The molecule has 0 spiro atoms. The molecule has 2 heterocycles. The fourth-order valence-electron chi connectivity index (χ4n) is 2.24. The molecule has 1 saturated heterocycles. The molecule has 1 aliphatic heterocycles. The number of nitrogens with zero attached hydrogens (tertiary/aromatic N) is 2. The second-order valence-electron chi connectivity index (χ2n) is 4.93. The molecule has 5 nitrogen and oxygen atoms in total. The molecule has 2 rings (SSSR count). The SMILES string of the molecule is CCc1nc(N2CCCC(C)(O)C2)cc(=O)[nH]1. The lowest BCUT2D eigenvalue weighted by Gasteiger charge is -2.37. The summed E-state index contributed by atoms with van der Waals surface area (Å²) in [7, 11) is 0. The van der Waals surface area contributed by atoms with Gasteiger partial charge >= 0.3 is 0 Å². The first kappa shape index (κ1) is 12.1. The van der Waals surface area contributed by atoms with Crippen molar-refractivity contribution >= 4 is 5.82 Å². The van der Waals surface area contributed by atoms with Gasteiger partial charge in [0.1, 0.15) is 11.6 Å². The number of anilines is 1. The van der Waals surface area contributed by atoms with Gasteiger partial charge < -0.3 is 15.0 Å². The van der Waals surface area contributed by atoms with Crippen molar-refractivity contribution in [1.82, 2.24) is 9.97 Å². The van der Waals surface area contributed by atoms with Crippen LogP contribution in [-0.4, -0.2) is 33.8 Å². The van der Waals surface area contributed by atoms with E-state index in [0.29, 0.717) is 24.6 Å². The minimum Gasteiger partial charge on any atom is -0.388 e. The van der Waals surface area contributed by atoms with Gasteiger partial charge in [0.2, 0.25) is 0 Å². The van der Waals surface area contributed by atoms with Crippen molar-refractivity contribution in [3.63, 3.8) is 0 Å². The van der Waals surface area contributed by atoms with Crippen LogP contribution in [0.25, 0.3) is 0 Å². The molecule has 5 heteroatoms. The van der Waals surface area contributed by atoms with Crippen LogP contribution < -0.4 is 10.5 Å². The van der Waals surface area contributed by atoms with Gasteiger partial charge in [0.05, 0.1) is 5.60 Å². The Labute approximate surface area is 100 Å². The number of aromatic nitrogens is 2. The first-order chi connectivity index (χ1) is 8.00. The van der Waals surface area contributed by atoms with E-state index < -0.39 is 5.60 Å². The van der Waals surface area contributed by atoms with Crippen LogP contribution in [0, 0.1) is 0 Å². The smallest absolute Gasteiger partial charge is 0.252 e. The van der Waals surface area contributed by atoms with Crippen LogP contribution in [0.15, 0.2) is 10.9 Å². The van der Waals surface area contributed by atoms with E-state index in [0.717, 1.165) is 19.4 Å². The average Bonchev–Trinajstić information content (AvgIpc) is 2.27. The molecule has 0 radical (unpaired) electrons. The molecule has 1 aromatic heterocycles. The molecule has 2 N–H and O–H groups in total. The Balaban J connectivity index is 2.27. The molecule has 0 saturated carbocycles. The highest BCUT2D eigenvalue weighted by Crippen LogP contribution is 2.23. The van der Waals surface area contributed by atoms with Gasteiger partial charge in [-0.1, -0.05) is 6.92 Å². The van der Waals surface area contributed by atoms with E-state index >= 15 is 0 Å². The van der Waals surface area contributed by atoms with Crippen LogP contribution in [0.3, 0.4) is 0 Å². The third-order valence-corrected chi connectivity index (χ3v) is 3.11. The molecule has 1 aromatic rings. The van der Waals surface area contributed by atoms with Gasteiger partial charge in [-0.2, -0.15) is 0 Å². The molecule has 0 aliphatic carbocycles. The van der Waals surface area contributed by atoms with E-state index in [1.165, 1.54) is 6.07 Å². The van der Waals surface area contributed by atoms with Gasteiger partial charge in [0.25, 0.3) is 5.56 Å². The number of β-amino-alcohol motifs (C(OH)–C–C–N with tert-alkyl or cyclic N) is 1. The van der Waals surface area contributed by atoms with Gasteiger partial charge in [0, 0.05) is 25.6 Å². The summed E-state index contributed by atoms with van der Waals surface area (Å²) in [6.45, 7) is 5.16. The summed E-state index contributed by atoms with van der Waals surface area (Å²) < 4.78 is 0. The Morgan fingerprint density at radius 1 is 1.65 bits per heavy atom. The molecule has 1 aliphatic rings. The predicted octanol–water partition coefficient (Wildman–Crippen LogP) is 0.684. The Hall–Kier alpha value is -1.36. The van der Waals surface area contributed by atoms with E-state index in [2.05, 4.69) is 9.97 Å². The number of hydrogen-bond donors (Lipinski definition) is 2. The van der Waals surface area contributed by atoms with Crippen LogP contribution in [0.2, 0.25) is 0 Å². The molecule has 0 aromatic carbocycles. The molecule has 94 valence electrons. The molecular formula is C12H19N3O2. The highest BCUT2D eigenvalue weighted by atomic mass is 16.3. The Morgan fingerprint density at radius 3 is 3.06 bits per heavy atom. The van der Waals surface area contributed by atoms with Crippen molar-refractivity contribution in [3.05, 3.63) is 22.2 Å². The second-order valence-corrected chi connectivity index (χ2v) is 4.93. The van der Waals surface area contributed by atoms with Crippen molar-refractivity contribution in [3.8, 4) is 0 Å². The predicted molar refractivity (Wildman–Crippen MR) is 66.3 cm³/mol. The van der Waals surface area contributed by atoms with Crippen molar-refractivity contribution in [1.29, 1.82) is 0 Å². The quantitative estimate of drug-likeness (QED) is 0.793. The number of H-pyrrole nitrogens is 1. The van der Waals surface area contributed by atoms with Crippen LogP contribution in [0.5, 0.6) is 0 Å². The maximum atomic E-state index is 11.5. The second kappa shape index (κ2) is 4.49. The van der Waals surface area contributed by atoms with Crippen molar-refractivity contribution in [2.24, 2.45) is 0 Å². The van der Waals surface area contributed by atoms with E-state index in [1.54, 1.807) is 0 Å². The molecule has 1 unspecified atom stereocenters. The van der Waals surface area contributed by atoms with Crippen molar-refractivity contribution < 1.29 is 5.11 Å². The molecule has 1 atom stereocenters. The number of piperidine rings is 1. The van der Waals surface area contributed by atoms with Gasteiger partial charge in [-0.05, 0) is 19.8 Å².